The van der Waals surface area contributed by atoms with E-state index >= 15 is 0 Å². The van der Waals surface area contributed by atoms with Crippen molar-refractivity contribution in [2.24, 2.45) is 0 Å². The minimum Gasteiger partial charge on any atom is -0.336 e. The molecule has 2 aromatic rings. The zero-order valence-electron chi connectivity index (χ0n) is 18.5. The Bertz CT molecular complexity index is 981. The monoisotopic (exact) mass is 447 g/mol. The fraction of sp³-hybridized carbons (Fsp3) is 0.417. The Morgan fingerprint density at radius 3 is 2.28 bits per heavy atom. The van der Waals surface area contributed by atoms with Crippen molar-refractivity contribution in [3.8, 4) is 0 Å². The summed E-state index contributed by atoms with van der Waals surface area (Å²) in [6, 6.07) is 10.7. The van der Waals surface area contributed by atoms with E-state index in [-0.39, 0.29) is 37.0 Å². The number of halogens is 3. The molecule has 1 aliphatic heterocycles. The van der Waals surface area contributed by atoms with Gasteiger partial charge in [0.1, 0.15) is 0 Å². The van der Waals surface area contributed by atoms with Crippen molar-refractivity contribution >= 4 is 17.5 Å². The van der Waals surface area contributed by atoms with Crippen LogP contribution in [0.15, 0.2) is 42.5 Å². The number of hydrogen-bond acceptors (Lipinski definition) is 3. The van der Waals surface area contributed by atoms with Gasteiger partial charge in [0.25, 0.3) is 5.91 Å². The van der Waals surface area contributed by atoms with Crippen LogP contribution in [0, 0.1) is 6.92 Å². The number of hydrogen-bond donors (Lipinski definition) is 1. The number of anilines is 1. The second kappa shape index (κ2) is 9.73. The summed E-state index contributed by atoms with van der Waals surface area (Å²) in [6.45, 7) is 7.60. The third-order valence-electron chi connectivity index (χ3n) is 5.68. The highest BCUT2D eigenvalue weighted by molar-refractivity contribution is 5.96. The minimum absolute atomic E-state index is 0.150. The maximum Gasteiger partial charge on any atom is 0.417 e. The fourth-order valence-electron chi connectivity index (χ4n) is 3.92. The van der Waals surface area contributed by atoms with Gasteiger partial charge in [0.2, 0.25) is 5.91 Å². The van der Waals surface area contributed by atoms with E-state index in [1.54, 1.807) is 0 Å². The van der Waals surface area contributed by atoms with Crippen LogP contribution in [-0.2, 0) is 11.0 Å². The number of rotatable bonds is 5. The first-order valence-electron chi connectivity index (χ1n) is 10.6. The van der Waals surface area contributed by atoms with Gasteiger partial charge in [0, 0.05) is 31.9 Å². The van der Waals surface area contributed by atoms with Gasteiger partial charge >= 0.3 is 6.18 Å². The number of piperazine rings is 1. The molecule has 1 saturated heterocycles. The molecule has 0 aliphatic carbocycles. The first-order chi connectivity index (χ1) is 15.1. The Morgan fingerprint density at radius 1 is 1.00 bits per heavy atom. The zero-order valence-corrected chi connectivity index (χ0v) is 18.5. The van der Waals surface area contributed by atoms with Crippen LogP contribution < -0.4 is 5.32 Å². The number of benzene rings is 2. The Balaban J connectivity index is 1.59. The molecule has 0 spiro atoms. The molecule has 2 amide bonds. The molecule has 5 nitrogen and oxygen atoms in total. The molecule has 1 heterocycles. The van der Waals surface area contributed by atoms with Crippen LogP contribution in [0.3, 0.4) is 0 Å². The van der Waals surface area contributed by atoms with Gasteiger partial charge in [-0.05, 0) is 36.1 Å². The largest absolute Gasteiger partial charge is 0.417 e. The zero-order chi connectivity index (χ0) is 23.5. The SMILES string of the molecule is Cc1cccc(C(C)C)c1NC(=O)CN1CCN(C(=O)c2ccccc2C(F)(F)F)CC1. The van der Waals surface area contributed by atoms with Crippen molar-refractivity contribution in [3.05, 3.63) is 64.7 Å². The van der Waals surface area contributed by atoms with Crippen LogP contribution in [0.5, 0.6) is 0 Å². The van der Waals surface area contributed by atoms with Gasteiger partial charge in [0.05, 0.1) is 17.7 Å². The Labute approximate surface area is 186 Å². The number of aryl methyl sites for hydroxylation is 1. The van der Waals surface area contributed by atoms with Gasteiger partial charge in [0.15, 0.2) is 0 Å². The predicted octanol–water partition coefficient (Wildman–Crippen LogP) is 4.53. The van der Waals surface area contributed by atoms with Crippen molar-refractivity contribution < 1.29 is 22.8 Å². The molecule has 0 atom stereocenters. The van der Waals surface area contributed by atoms with E-state index in [4.69, 9.17) is 0 Å². The van der Waals surface area contributed by atoms with Crippen molar-refractivity contribution in [3.63, 3.8) is 0 Å². The highest BCUT2D eigenvalue weighted by Gasteiger charge is 2.36. The summed E-state index contributed by atoms with van der Waals surface area (Å²) in [5.74, 6) is -0.522. The quantitative estimate of drug-likeness (QED) is 0.733. The number of carbonyl (C=O) groups is 2. The van der Waals surface area contributed by atoms with Crippen LogP contribution in [0.25, 0.3) is 0 Å². The molecular weight excluding hydrogens is 419 g/mol. The van der Waals surface area contributed by atoms with E-state index in [1.165, 1.54) is 23.1 Å². The molecule has 0 saturated carbocycles. The molecule has 1 N–H and O–H groups in total. The molecule has 2 aromatic carbocycles. The van der Waals surface area contributed by atoms with Gasteiger partial charge in [-0.15, -0.1) is 0 Å². The van der Waals surface area contributed by atoms with Gasteiger partial charge in [-0.2, -0.15) is 13.2 Å². The molecule has 1 aliphatic rings. The number of nitrogens with zero attached hydrogens (tertiary/aromatic N) is 2. The lowest BCUT2D eigenvalue weighted by molar-refractivity contribution is -0.138. The van der Waals surface area contributed by atoms with Crippen LogP contribution in [0.1, 0.15) is 46.8 Å². The van der Waals surface area contributed by atoms with E-state index in [1.807, 2.05) is 30.0 Å². The Morgan fingerprint density at radius 2 is 1.66 bits per heavy atom. The second-order valence-corrected chi connectivity index (χ2v) is 8.35. The smallest absolute Gasteiger partial charge is 0.336 e. The summed E-state index contributed by atoms with van der Waals surface area (Å²) < 4.78 is 39.7. The molecule has 32 heavy (non-hydrogen) atoms. The first-order valence-corrected chi connectivity index (χ1v) is 10.6. The third-order valence-corrected chi connectivity index (χ3v) is 5.68. The summed E-state index contributed by atoms with van der Waals surface area (Å²) >= 11 is 0. The predicted molar refractivity (Wildman–Crippen MR) is 118 cm³/mol. The van der Waals surface area contributed by atoms with Crippen LogP contribution in [0.2, 0.25) is 0 Å². The molecule has 0 unspecified atom stereocenters. The number of nitrogens with one attached hydrogen (secondary N) is 1. The summed E-state index contributed by atoms with van der Waals surface area (Å²) in [5.41, 5.74) is 1.61. The Kier molecular flexibility index (Phi) is 7.23. The lowest BCUT2D eigenvalue weighted by Crippen LogP contribution is -2.50. The second-order valence-electron chi connectivity index (χ2n) is 8.35. The van der Waals surface area contributed by atoms with E-state index in [0.717, 1.165) is 22.9 Å². The highest BCUT2D eigenvalue weighted by atomic mass is 19.4. The van der Waals surface area contributed by atoms with E-state index in [9.17, 15) is 22.8 Å². The van der Waals surface area contributed by atoms with Crippen molar-refractivity contribution in [1.82, 2.24) is 9.80 Å². The van der Waals surface area contributed by atoms with Gasteiger partial charge in [-0.25, -0.2) is 0 Å². The number of amides is 2. The average Bonchev–Trinajstić information content (AvgIpc) is 2.74. The van der Waals surface area contributed by atoms with Gasteiger partial charge < -0.3 is 10.2 Å². The highest BCUT2D eigenvalue weighted by Crippen LogP contribution is 2.32. The van der Waals surface area contributed by atoms with Crippen molar-refractivity contribution in [1.29, 1.82) is 0 Å². The van der Waals surface area contributed by atoms with Crippen LogP contribution >= 0.6 is 0 Å². The van der Waals surface area contributed by atoms with Crippen LogP contribution in [0.4, 0.5) is 18.9 Å². The molecule has 8 heteroatoms. The molecule has 0 aromatic heterocycles. The van der Waals surface area contributed by atoms with Gasteiger partial charge in [-0.1, -0.05) is 44.2 Å². The Hall–Kier alpha value is -2.87. The maximum atomic E-state index is 13.2. The molecular formula is C24H28F3N3O2. The topological polar surface area (TPSA) is 52.7 Å². The molecule has 0 radical (unpaired) electrons. The summed E-state index contributed by atoms with van der Waals surface area (Å²) in [6.07, 6.45) is -4.59. The third kappa shape index (κ3) is 5.48. The molecule has 1 fully saturated rings. The van der Waals surface area contributed by atoms with E-state index in [2.05, 4.69) is 19.2 Å². The number of para-hydroxylation sites is 1. The average molecular weight is 448 g/mol. The maximum absolute atomic E-state index is 13.2. The van der Waals surface area contributed by atoms with E-state index < -0.39 is 17.6 Å². The van der Waals surface area contributed by atoms with Crippen molar-refractivity contribution in [2.45, 2.75) is 32.9 Å². The lowest BCUT2D eigenvalue weighted by atomic mass is 9.98. The summed E-state index contributed by atoms with van der Waals surface area (Å²) in [4.78, 5) is 28.7. The number of alkyl halides is 3. The first kappa shape index (κ1) is 23.8. The fourth-order valence-corrected chi connectivity index (χ4v) is 3.92. The normalized spacial score (nSPS) is 15.2. The van der Waals surface area contributed by atoms with Gasteiger partial charge in [-0.3, -0.25) is 14.5 Å². The summed E-state index contributed by atoms with van der Waals surface area (Å²) in [7, 11) is 0. The lowest BCUT2D eigenvalue weighted by Gasteiger charge is -2.34. The van der Waals surface area contributed by atoms with E-state index in [0.29, 0.717) is 13.1 Å². The molecule has 3 rings (SSSR count). The number of carbonyl (C=O) groups excluding carboxylic acids is 2. The molecule has 172 valence electrons. The summed E-state index contributed by atoms with van der Waals surface area (Å²) in [5, 5.41) is 3.01. The standard InChI is InChI=1S/C24H28F3N3O2/c1-16(2)18-9-6-7-17(3)22(18)28-21(31)15-29-11-13-30(14-12-29)23(32)19-8-4-5-10-20(19)24(25,26)27/h4-10,16H,11-15H2,1-3H3,(H,28,31). The van der Waals surface area contributed by atoms with Crippen molar-refractivity contribution in [2.75, 3.05) is 38.0 Å². The minimum atomic E-state index is -4.59. The molecule has 0 bridgehead atoms. The van der Waals surface area contributed by atoms with Crippen LogP contribution in [-0.4, -0.2) is 54.3 Å².